The van der Waals surface area contributed by atoms with E-state index in [4.69, 9.17) is 0 Å². The number of H-pyrrole nitrogens is 1. The molecule has 3 heterocycles. The van der Waals surface area contributed by atoms with Crippen LogP contribution in [0.3, 0.4) is 0 Å². The second kappa shape index (κ2) is 8.69. The number of amides is 1. The average Bonchev–Trinajstić information content (AvgIpc) is 3.09. The summed E-state index contributed by atoms with van der Waals surface area (Å²) in [7, 11) is 0. The van der Waals surface area contributed by atoms with Crippen LogP contribution in [0.2, 0.25) is 0 Å². The summed E-state index contributed by atoms with van der Waals surface area (Å²) >= 11 is 0. The number of hydrogen-bond acceptors (Lipinski definition) is 4. The second-order valence-electron chi connectivity index (χ2n) is 7.14. The maximum Gasteiger partial charge on any atom is 0.269 e. The highest BCUT2D eigenvalue weighted by atomic mass is 16.1. The molecule has 0 atom stereocenters. The minimum Gasteiger partial charge on any atom is -0.357 e. The van der Waals surface area contributed by atoms with Gasteiger partial charge in [0.15, 0.2) is 0 Å². The fourth-order valence-corrected chi connectivity index (χ4v) is 3.48. The van der Waals surface area contributed by atoms with E-state index in [1.807, 2.05) is 42.6 Å². The predicted molar refractivity (Wildman–Crippen MR) is 110 cm³/mol. The van der Waals surface area contributed by atoms with Crippen LogP contribution in [0, 0.1) is 0 Å². The number of hydrogen-bond donors (Lipinski definition) is 2. The largest absolute Gasteiger partial charge is 0.357 e. The highest BCUT2D eigenvalue weighted by molar-refractivity contribution is 5.93. The number of aromatic amines is 1. The molecule has 0 aliphatic carbocycles. The monoisotopic (exact) mass is 375 g/mol. The molecule has 6 heteroatoms. The van der Waals surface area contributed by atoms with E-state index < -0.39 is 0 Å². The zero-order chi connectivity index (χ0) is 19.2. The molecule has 1 saturated heterocycles. The van der Waals surface area contributed by atoms with E-state index in [1.54, 1.807) is 6.07 Å². The summed E-state index contributed by atoms with van der Waals surface area (Å²) in [5.41, 5.74) is 3.17. The summed E-state index contributed by atoms with van der Waals surface area (Å²) in [6.07, 6.45) is 6.92. The molecule has 0 bridgehead atoms. The van der Waals surface area contributed by atoms with Crippen molar-refractivity contribution in [3.05, 3.63) is 66.0 Å². The van der Waals surface area contributed by atoms with Crippen molar-refractivity contribution in [2.45, 2.75) is 32.2 Å². The van der Waals surface area contributed by atoms with Crippen LogP contribution in [0.1, 0.15) is 41.7 Å². The quantitative estimate of drug-likeness (QED) is 0.712. The van der Waals surface area contributed by atoms with Crippen molar-refractivity contribution in [1.29, 1.82) is 0 Å². The number of pyridine rings is 1. The number of carbonyl (C=O) groups excluding carboxylic acids is 1. The van der Waals surface area contributed by atoms with E-state index in [0.717, 1.165) is 35.7 Å². The smallest absolute Gasteiger partial charge is 0.269 e. The lowest BCUT2D eigenvalue weighted by molar-refractivity contribution is 0.0946. The fraction of sp³-hybridized carbons (Fsp3) is 0.318. The first-order chi connectivity index (χ1) is 13.8. The van der Waals surface area contributed by atoms with E-state index in [9.17, 15) is 4.79 Å². The predicted octanol–water partition coefficient (Wildman–Crippen LogP) is 3.78. The van der Waals surface area contributed by atoms with E-state index >= 15 is 0 Å². The van der Waals surface area contributed by atoms with Gasteiger partial charge in [-0.25, -0.2) is 4.98 Å². The number of nitrogens with zero attached hydrogens (tertiary/aromatic N) is 3. The summed E-state index contributed by atoms with van der Waals surface area (Å²) in [5, 5.41) is 9.97. The lowest BCUT2D eigenvalue weighted by Crippen LogP contribution is -2.25. The van der Waals surface area contributed by atoms with Crippen molar-refractivity contribution in [1.82, 2.24) is 20.5 Å². The van der Waals surface area contributed by atoms with Crippen molar-refractivity contribution in [3.63, 3.8) is 0 Å². The van der Waals surface area contributed by atoms with E-state index in [0.29, 0.717) is 12.2 Å². The Kier molecular flexibility index (Phi) is 5.66. The first-order valence-corrected chi connectivity index (χ1v) is 9.88. The first-order valence-electron chi connectivity index (χ1n) is 9.88. The third-order valence-electron chi connectivity index (χ3n) is 5.08. The molecule has 1 fully saturated rings. The van der Waals surface area contributed by atoms with Crippen molar-refractivity contribution in [3.8, 4) is 11.3 Å². The zero-order valence-electron chi connectivity index (χ0n) is 15.9. The molecule has 0 spiro atoms. The van der Waals surface area contributed by atoms with Gasteiger partial charge in [0.2, 0.25) is 0 Å². The molecule has 2 aromatic heterocycles. The van der Waals surface area contributed by atoms with Gasteiger partial charge in [-0.3, -0.25) is 9.89 Å². The summed E-state index contributed by atoms with van der Waals surface area (Å²) < 4.78 is 0. The SMILES string of the molecule is O=C(NCc1ccc(N2CCCCCC2)nc1)c1cc(-c2ccccc2)n[nH]1. The number of aromatic nitrogens is 3. The summed E-state index contributed by atoms with van der Waals surface area (Å²) in [6, 6.07) is 15.6. The molecule has 1 aromatic carbocycles. The fourth-order valence-electron chi connectivity index (χ4n) is 3.48. The van der Waals surface area contributed by atoms with Crippen LogP contribution in [-0.2, 0) is 6.54 Å². The zero-order valence-corrected chi connectivity index (χ0v) is 15.9. The van der Waals surface area contributed by atoms with Crippen molar-refractivity contribution in [2.75, 3.05) is 18.0 Å². The molecule has 1 aliphatic rings. The van der Waals surface area contributed by atoms with Crippen molar-refractivity contribution in [2.24, 2.45) is 0 Å². The highest BCUT2D eigenvalue weighted by Gasteiger charge is 2.12. The van der Waals surface area contributed by atoms with Gasteiger partial charge < -0.3 is 10.2 Å². The molecule has 144 valence electrons. The molecule has 4 rings (SSSR count). The van der Waals surface area contributed by atoms with Crippen LogP contribution in [0.5, 0.6) is 0 Å². The Labute approximate surface area is 165 Å². The minimum atomic E-state index is -0.175. The Morgan fingerprint density at radius 3 is 2.54 bits per heavy atom. The number of carbonyl (C=O) groups is 1. The molecule has 1 aliphatic heterocycles. The van der Waals surface area contributed by atoms with Gasteiger partial charge >= 0.3 is 0 Å². The third-order valence-corrected chi connectivity index (χ3v) is 5.08. The van der Waals surface area contributed by atoms with Gasteiger partial charge in [-0.05, 0) is 30.5 Å². The number of nitrogens with one attached hydrogen (secondary N) is 2. The first kappa shape index (κ1) is 18.2. The molecule has 28 heavy (non-hydrogen) atoms. The molecule has 2 N–H and O–H groups in total. The van der Waals surface area contributed by atoms with Crippen molar-refractivity contribution >= 4 is 11.7 Å². The normalized spacial score (nSPS) is 14.5. The lowest BCUT2D eigenvalue weighted by Gasteiger charge is -2.21. The average molecular weight is 375 g/mol. The minimum absolute atomic E-state index is 0.175. The third kappa shape index (κ3) is 4.39. The Morgan fingerprint density at radius 1 is 1.04 bits per heavy atom. The number of rotatable bonds is 5. The van der Waals surface area contributed by atoms with Gasteiger partial charge in [-0.15, -0.1) is 0 Å². The standard InChI is InChI=1S/C22H25N5O/c28-22(20-14-19(25-26-20)18-8-4-3-5-9-18)24-16-17-10-11-21(23-15-17)27-12-6-1-2-7-13-27/h3-5,8-11,14-15H,1-2,6-7,12-13,16H2,(H,24,28)(H,25,26). The van der Waals surface area contributed by atoms with Gasteiger partial charge in [-0.2, -0.15) is 5.10 Å². The van der Waals surface area contributed by atoms with Gasteiger partial charge in [0.25, 0.3) is 5.91 Å². The van der Waals surface area contributed by atoms with E-state index in [-0.39, 0.29) is 5.91 Å². The molecule has 0 unspecified atom stereocenters. The van der Waals surface area contributed by atoms with E-state index in [2.05, 4.69) is 31.5 Å². The van der Waals surface area contributed by atoms with Gasteiger partial charge in [0, 0.05) is 31.4 Å². The Balaban J connectivity index is 1.34. The second-order valence-corrected chi connectivity index (χ2v) is 7.14. The van der Waals surface area contributed by atoms with Crippen LogP contribution in [-0.4, -0.2) is 34.2 Å². The summed E-state index contributed by atoms with van der Waals surface area (Å²) in [6.45, 7) is 2.59. The van der Waals surface area contributed by atoms with Crippen LogP contribution in [0.15, 0.2) is 54.7 Å². The lowest BCUT2D eigenvalue weighted by atomic mass is 10.1. The van der Waals surface area contributed by atoms with E-state index in [1.165, 1.54) is 25.7 Å². The van der Waals surface area contributed by atoms with Crippen LogP contribution in [0.4, 0.5) is 5.82 Å². The van der Waals surface area contributed by atoms with Crippen molar-refractivity contribution < 1.29 is 4.79 Å². The maximum atomic E-state index is 12.4. The molecule has 0 saturated carbocycles. The highest BCUT2D eigenvalue weighted by Crippen LogP contribution is 2.18. The molecule has 1 amide bonds. The summed E-state index contributed by atoms with van der Waals surface area (Å²) in [5.74, 6) is 0.851. The Bertz CT molecular complexity index is 896. The maximum absolute atomic E-state index is 12.4. The van der Waals surface area contributed by atoms with Gasteiger partial charge in [0.1, 0.15) is 11.5 Å². The van der Waals surface area contributed by atoms with Crippen LogP contribution >= 0.6 is 0 Å². The molecule has 0 radical (unpaired) electrons. The Hall–Kier alpha value is -3.15. The Morgan fingerprint density at radius 2 is 1.82 bits per heavy atom. The van der Waals surface area contributed by atoms with Gasteiger partial charge in [-0.1, -0.05) is 49.2 Å². The summed E-state index contributed by atoms with van der Waals surface area (Å²) in [4.78, 5) is 19.3. The molecule has 6 nitrogen and oxygen atoms in total. The molecular weight excluding hydrogens is 350 g/mol. The van der Waals surface area contributed by atoms with Gasteiger partial charge in [0.05, 0.1) is 5.69 Å². The van der Waals surface area contributed by atoms with Crippen LogP contribution in [0.25, 0.3) is 11.3 Å². The molecule has 3 aromatic rings. The topological polar surface area (TPSA) is 73.9 Å². The van der Waals surface area contributed by atoms with Crippen LogP contribution < -0.4 is 10.2 Å². The number of anilines is 1. The number of benzene rings is 1. The molecular formula is C22H25N5O.